The molecule has 1 aliphatic carbocycles. The Hall–Kier alpha value is -3.36. The summed E-state index contributed by atoms with van der Waals surface area (Å²) in [5, 5.41) is 15.1. The third-order valence-electron chi connectivity index (χ3n) is 4.93. The van der Waals surface area contributed by atoms with E-state index in [1.165, 1.54) is 12.4 Å². The highest BCUT2D eigenvalue weighted by Gasteiger charge is 2.31. The predicted octanol–water partition coefficient (Wildman–Crippen LogP) is 3.29. The highest BCUT2D eigenvalue weighted by Crippen LogP contribution is 2.36. The predicted molar refractivity (Wildman–Crippen MR) is 95.4 cm³/mol. The van der Waals surface area contributed by atoms with Crippen LogP contribution in [-0.4, -0.2) is 36.3 Å². The smallest absolute Gasteiger partial charge is 0.230 e. The van der Waals surface area contributed by atoms with Crippen LogP contribution in [-0.2, 0) is 0 Å². The maximum absolute atomic E-state index is 13.9. The van der Waals surface area contributed by atoms with E-state index in [9.17, 15) is 4.39 Å². The third kappa shape index (κ3) is 2.90. The van der Waals surface area contributed by atoms with Crippen molar-refractivity contribution < 1.29 is 8.91 Å². The quantitative estimate of drug-likeness (QED) is 0.571. The van der Waals surface area contributed by atoms with E-state index in [0.717, 1.165) is 30.5 Å². The summed E-state index contributed by atoms with van der Waals surface area (Å²) in [5.41, 5.74) is 1.05. The second kappa shape index (κ2) is 6.42. The molecule has 1 saturated carbocycles. The molecule has 3 aromatic heterocycles. The van der Waals surface area contributed by atoms with Crippen molar-refractivity contribution in [1.29, 1.82) is 0 Å². The fourth-order valence-corrected chi connectivity index (χ4v) is 3.56. The minimum absolute atomic E-state index is 0.136. The van der Waals surface area contributed by atoms with Crippen molar-refractivity contribution in [3.63, 3.8) is 0 Å². The number of anilines is 1. The van der Waals surface area contributed by atoms with Crippen LogP contribution < -0.4 is 5.32 Å². The zero-order chi connectivity index (χ0) is 18.2. The molecule has 136 valence electrons. The molecule has 0 bridgehead atoms. The van der Waals surface area contributed by atoms with E-state index in [1.54, 1.807) is 24.4 Å². The van der Waals surface area contributed by atoms with Crippen LogP contribution in [0.3, 0.4) is 0 Å². The Kier molecular flexibility index (Phi) is 3.77. The van der Waals surface area contributed by atoms with Gasteiger partial charge >= 0.3 is 0 Å². The van der Waals surface area contributed by atoms with Gasteiger partial charge in [-0.25, -0.2) is 14.4 Å². The van der Waals surface area contributed by atoms with Crippen molar-refractivity contribution in [3.8, 4) is 11.4 Å². The first-order valence-corrected chi connectivity index (χ1v) is 8.77. The van der Waals surface area contributed by atoms with Gasteiger partial charge in [0.2, 0.25) is 11.7 Å². The minimum atomic E-state index is -0.358. The molecule has 9 heteroatoms. The van der Waals surface area contributed by atoms with Gasteiger partial charge < -0.3 is 9.84 Å². The van der Waals surface area contributed by atoms with Gasteiger partial charge in [0.05, 0.1) is 17.1 Å². The lowest BCUT2D eigenvalue weighted by atomic mass is 10.1. The SMILES string of the molecule is Fc1ccccc1-c1noc([C@H]2CC[C@H](Nc3ncnc4[nH]ncc34)C2)n1. The van der Waals surface area contributed by atoms with Crippen LogP contribution in [0, 0.1) is 5.82 Å². The van der Waals surface area contributed by atoms with E-state index in [-0.39, 0.29) is 23.6 Å². The van der Waals surface area contributed by atoms with E-state index < -0.39 is 0 Å². The molecule has 4 aromatic rings. The summed E-state index contributed by atoms with van der Waals surface area (Å²) in [7, 11) is 0. The molecule has 1 aromatic carbocycles. The number of aromatic amines is 1. The van der Waals surface area contributed by atoms with Crippen molar-refractivity contribution in [2.45, 2.75) is 31.2 Å². The Balaban J connectivity index is 1.31. The summed E-state index contributed by atoms with van der Waals surface area (Å²) in [5.74, 6) is 1.38. The van der Waals surface area contributed by atoms with Gasteiger partial charge in [-0.3, -0.25) is 5.10 Å². The molecule has 0 amide bonds. The maximum atomic E-state index is 13.9. The number of benzene rings is 1. The van der Waals surface area contributed by atoms with Crippen LogP contribution in [0.4, 0.5) is 10.2 Å². The zero-order valence-corrected chi connectivity index (χ0v) is 14.3. The largest absolute Gasteiger partial charge is 0.367 e. The number of aromatic nitrogens is 6. The molecule has 1 aliphatic rings. The Labute approximate surface area is 153 Å². The number of nitrogens with one attached hydrogen (secondary N) is 2. The second-order valence-electron chi connectivity index (χ2n) is 6.64. The lowest BCUT2D eigenvalue weighted by molar-refractivity contribution is 0.354. The zero-order valence-electron chi connectivity index (χ0n) is 14.3. The molecule has 1 fully saturated rings. The average molecular weight is 365 g/mol. The molecule has 3 heterocycles. The first kappa shape index (κ1) is 15.9. The summed E-state index contributed by atoms with van der Waals surface area (Å²) in [6, 6.07) is 6.65. The van der Waals surface area contributed by atoms with Gasteiger partial charge in [-0.05, 0) is 31.4 Å². The molecular weight excluding hydrogens is 349 g/mol. The fourth-order valence-electron chi connectivity index (χ4n) is 3.56. The normalized spacial score (nSPS) is 19.6. The summed E-state index contributed by atoms with van der Waals surface area (Å²) in [6.07, 6.45) is 5.92. The lowest BCUT2D eigenvalue weighted by Gasteiger charge is -2.13. The third-order valence-corrected chi connectivity index (χ3v) is 4.93. The number of rotatable bonds is 4. The van der Waals surface area contributed by atoms with Gasteiger partial charge in [-0.15, -0.1) is 0 Å². The van der Waals surface area contributed by atoms with Crippen LogP contribution in [0.25, 0.3) is 22.4 Å². The van der Waals surface area contributed by atoms with Gasteiger partial charge in [0, 0.05) is 12.0 Å². The molecular formula is C18H16FN7O. The Morgan fingerprint density at radius 2 is 2.11 bits per heavy atom. The topological polar surface area (TPSA) is 105 Å². The van der Waals surface area contributed by atoms with Crippen molar-refractivity contribution >= 4 is 16.9 Å². The van der Waals surface area contributed by atoms with Gasteiger partial charge in [-0.2, -0.15) is 10.1 Å². The average Bonchev–Trinajstić information content (AvgIpc) is 3.42. The molecule has 5 rings (SSSR count). The standard InChI is InChI=1S/C18H16FN7O/c19-14-4-2-1-3-12(14)17-24-18(27-26-17)10-5-6-11(7-10)23-15-13-8-22-25-16(13)21-9-20-15/h1-4,8-11H,5-7H2,(H2,20,21,22,23,25)/t10-,11-/m0/s1. The molecule has 0 saturated heterocycles. The number of H-pyrrole nitrogens is 1. The van der Waals surface area contributed by atoms with Crippen molar-refractivity contribution in [3.05, 3.63) is 48.5 Å². The molecule has 8 nitrogen and oxygen atoms in total. The molecule has 0 spiro atoms. The molecule has 27 heavy (non-hydrogen) atoms. The molecule has 0 unspecified atom stereocenters. The van der Waals surface area contributed by atoms with Crippen LogP contribution >= 0.6 is 0 Å². The molecule has 0 aliphatic heterocycles. The number of nitrogens with zero attached hydrogens (tertiary/aromatic N) is 5. The summed E-state index contributed by atoms with van der Waals surface area (Å²) >= 11 is 0. The Morgan fingerprint density at radius 1 is 1.19 bits per heavy atom. The van der Waals surface area contributed by atoms with Crippen molar-refractivity contribution in [1.82, 2.24) is 30.3 Å². The molecule has 0 radical (unpaired) electrons. The number of halogens is 1. The van der Waals surface area contributed by atoms with Gasteiger partial charge in [-0.1, -0.05) is 17.3 Å². The Morgan fingerprint density at radius 3 is 3.04 bits per heavy atom. The van der Waals surface area contributed by atoms with Crippen molar-refractivity contribution in [2.75, 3.05) is 5.32 Å². The van der Waals surface area contributed by atoms with E-state index >= 15 is 0 Å². The van der Waals surface area contributed by atoms with Gasteiger partial charge in [0.25, 0.3) is 0 Å². The number of hydrogen-bond donors (Lipinski definition) is 2. The first-order valence-electron chi connectivity index (χ1n) is 8.77. The molecule has 2 atom stereocenters. The van der Waals surface area contributed by atoms with E-state index in [1.807, 2.05) is 0 Å². The fraction of sp³-hybridized carbons (Fsp3) is 0.278. The maximum Gasteiger partial charge on any atom is 0.230 e. The van der Waals surface area contributed by atoms with E-state index in [4.69, 9.17) is 4.52 Å². The van der Waals surface area contributed by atoms with Crippen LogP contribution in [0.1, 0.15) is 31.1 Å². The minimum Gasteiger partial charge on any atom is -0.367 e. The summed E-state index contributed by atoms with van der Waals surface area (Å²) < 4.78 is 19.3. The first-order chi connectivity index (χ1) is 13.3. The highest BCUT2D eigenvalue weighted by atomic mass is 19.1. The van der Waals surface area contributed by atoms with Gasteiger partial charge in [0.1, 0.15) is 18.0 Å². The number of hydrogen-bond acceptors (Lipinski definition) is 7. The Bertz CT molecular complexity index is 1090. The summed E-state index contributed by atoms with van der Waals surface area (Å²) in [6.45, 7) is 0. The van der Waals surface area contributed by atoms with Crippen LogP contribution in [0.2, 0.25) is 0 Å². The van der Waals surface area contributed by atoms with Gasteiger partial charge in [0.15, 0.2) is 5.65 Å². The summed E-state index contributed by atoms with van der Waals surface area (Å²) in [4.78, 5) is 12.9. The van der Waals surface area contributed by atoms with Crippen molar-refractivity contribution in [2.24, 2.45) is 0 Å². The highest BCUT2D eigenvalue weighted by molar-refractivity contribution is 5.85. The van der Waals surface area contributed by atoms with E-state index in [0.29, 0.717) is 17.1 Å². The van der Waals surface area contributed by atoms with Crippen LogP contribution in [0.5, 0.6) is 0 Å². The second-order valence-corrected chi connectivity index (χ2v) is 6.64. The monoisotopic (exact) mass is 365 g/mol. The number of fused-ring (bicyclic) bond motifs is 1. The van der Waals surface area contributed by atoms with E-state index in [2.05, 4.69) is 35.6 Å². The molecule has 2 N–H and O–H groups in total. The lowest BCUT2D eigenvalue weighted by Crippen LogP contribution is -2.16. The van der Waals surface area contributed by atoms with Crippen LogP contribution in [0.15, 0.2) is 41.3 Å².